The second-order valence-corrected chi connectivity index (χ2v) is 7.49. The first-order valence-electron chi connectivity index (χ1n) is 10.9. The molecule has 0 bridgehead atoms. The van der Waals surface area contributed by atoms with Crippen LogP contribution in [-0.4, -0.2) is 0 Å². The Labute approximate surface area is 190 Å². The van der Waals surface area contributed by atoms with Gasteiger partial charge in [-0.1, -0.05) is 103 Å². The molecule has 0 saturated carbocycles. The summed E-state index contributed by atoms with van der Waals surface area (Å²) in [5.41, 5.74) is 5.93. The molecule has 5 aromatic rings. The number of nitrogens with zero attached hydrogens (tertiary/aromatic N) is 1. The third-order valence-electron chi connectivity index (χ3n) is 5.25. The van der Waals surface area contributed by atoms with Crippen molar-refractivity contribution < 1.29 is 0 Å². The highest BCUT2D eigenvalue weighted by Gasteiger charge is 2.14. The molecular formula is C31H27N. The SMILES string of the molecule is C=CC.c1ccc(-c2ccc(N(c3ccccc3)c3cccc4ccccc34)cc2)cc1. The van der Waals surface area contributed by atoms with Gasteiger partial charge < -0.3 is 4.90 Å². The van der Waals surface area contributed by atoms with Gasteiger partial charge in [-0.05, 0) is 53.8 Å². The van der Waals surface area contributed by atoms with Gasteiger partial charge in [0, 0.05) is 16.8 Å². The molecule has 0 atom stereocenters. The molecule has 0 saturated heterocycles. The van der Waals surface area contributed by atoms with Crippen LogP contribution in [0.4, 0.5) is 17.1 Å². The first-order valence-corrected chi connectivity index (χ1v) is 10.9. The molecule has 32 heavy (non-hydrogen) atoms. The number of benzene rings is 5. The topological polar surface area (TPSA) is 3.24 Å². The van der Waals surface area contributed by atoms with Gasteiger partial charge in [-0.3, -0.25) is 0 Å². The molecule has 156 valence electrons. The van der Waals surface area contributed by atoms with E-state index in [1.165, 1.54) is 27.6 Å². The summed E-state index contributed by atoms with van der Waals surface area (Å²) in [5, 5.41) is 2.48. The van der Waals surface area contributed by atoms with Crippen LogP contribution in [0.2, 0.25) is 0 Å². The predicted molar refractivity (Wildman–Crippen MR) is 140 cm³/mol. The summed E-state index contributed by atoms with van der Waals surface area (Å²) in [4.78, 5) is 2.33. The number of hydrogen-bond acceptors (Lipinski definition) is 1. The molecule has 0 spiro atoms. The van der Waals surface area contributed by atoms with Gasteiger partial charge in [-0.2, -0.15) is 0 Å². The second-order valence-electron chi connectivity index (χ2n) is 7.49. The Morgan fingerprint density at radius 1 is 0.531 bits per heavy atom. The lowest BCUT2D eigenvalue weighted by molar-refractivity contribution is 1.30. The van der Waals surface area contributed by atoms with Crippen molar-refractivity contribution in [3.63, 3.8) is 0 Å². The van der Waals surface area contributed by atoms with Crippen molar-refractivity contribution in [1.82, 2.24) is 0 Å². The maximum atomic E-state index is 3.36. The summed E-state index contributed by atoms with van der Waals surface area (Å²) in [5.74, 6) is 0. The molecule has 0 unspecified atom stereocenters. The fourth-order valence-corrected chi connectivity index (χ4v) is 3.84. The smallest absolute Gasteiger partial charge is 0.0540 e. The van der Waals surface area contributed by atoms with Gasteiger partial charge in [-0.15, -0.1) is 6.58 Å². The van der Waals surface area contributed by atoms with Crippen molar-refractivity contribution >= 4 is 27.8 Å². The summed E-state index contributed by atoms with van der Waals surface area (Å²) in [6.07, 6.45) is 1.75. The largest absolute Gasteiger partial charge is 0.310 e. The summed E-state index contributed by atoms with van der Waals surface area (Å²) in [6.45, 7) is 5.25. The van der Waals surface area contributed by atoms with Gasteiger partial charge in [-0.25, -0.2) is 0 Å². The minimum absolute atomic E-state index is 1.15. The van der Waals surface area contributed by atoms with E-state index in [0.29, 0.717) is 0 Å². The lowest BCUT2D eigenvalue weighted by Gasteiger charge is -2.27. The molecule has 0 radical (unpaired) electrons. The van der Waals surface area contributed by atoms with Gasteiger partial charge in [0.25, 0.3) is 0 Å². The number of anilines is 3. The third-order valence-corrected chi connectivity index (χ3v) is 5.25. The number of rotatable bonds is 4. The highest BCUT2D eigenvalue weighted by molar-refractivity contribution is 5.98. The maximum Gasteiger partial charge on any atom is 0.0540 e. The summed E-state index contributed by atoms with van der Waals surface area (Å²) in [6, 6.07) is 44.9. The molecule has 1 heteroatoms. The van der Waals surface area contributed by atoms with Crippen LogP contribution in [0.3, 0.4) is 0 Å². The number of fused-ring (bicyclic) bond motifs is 1. The van der Waals surface area contributed by atoms with Crippen LogP contribution >= 0.6 is 0 Å². The van der Waals surface area contributed by atoms with E-state index in [4.69, 9.17) is 0 Å². The zero-order chi connectivity index (χ0) is 22.2. The van der Waals surface area contributed by atoms with Crippen LogP contribution in [-0.2, 0) is 0 Å². The summed E-state index contributed by atoms with van der Waals surface area (Å²) >= 11 is 0. The molecule has 0 fully saturated rings. The summed E-state index contributed by atoms with van der Waals surface area (Å²) < 4.78 is 0. The van der Waals surface area contributed by atoms with E-state index in [1.807, 2.05) is 6.92 Å². The van der Waals surface area contributed by atoms with E-state index in [9.17, 15) is 0 Å². The van der Waals surface area contributed by atoms with Crippen LogP contribution in [0.25, 0.3) is 21.9 Å². The first-order chi connectivity index (χ1) is 15.8. The molecule has 5 rings (SSSR count). The van der Waals surface area contributed by atoms with Crippen molar-refractivity contribution in [2.24, 2.45) is 0 Å². The number of allylic oxidation sites excluding steroid dienone is 1. The van der Waals surface area contributed by atoms with Gasteiger partial charge in [0.15, 0.2) is 0 Å². The highest BCUT2D eigenvalue weighted by atomic mass is 15.1. The van der Waals surface area contributed by atoms with E-state index in [0.717, 1.165) is 11.4 Å². The van der Waals surface area contributed by atoms with Crippen LogP contribution < -0.4 is 4.90 Å². The Morgan fingerprint density at radius 2 is 1.03 bits per heavy atom. The molecule has 0 aliphatic heterocycles. The molecule has 0 N–H and O–H groups in total. The van der Waals surface area contributed by atoms with E-state index in [2.05, 4.69) is 139 Å². The van der Waals surface area contributed by atoms with Crippen LogP contribution in [0.1, 0.15) is 6.92 Å². The van der Waals surface area contributed by atoms with E-state index in [-0.39, 0.29) is 0 Å². The van der Waals surface area contributed by atoms with E-state index < -0.39 is 0 Å². The lowest BCUT2D eigenvalue weighted by Crippen LogP contribution is -2.10. The Kier molecular flexibility index (Phi) is 6.79. The second kappa shape index (κ2) is 10.3. The van der Waals surface area contributed by atoms with Crippen molar-refractivity contribution in [1.29, 1.82) is 0 Å². The van der Waals surface area contributed by atoms with E-state index in [1.54, 1.807) is 6.08 Å². The molecule has 0 aliphatic carbocycles. The molecule has 0 amide bonds. The fourth-order valence-electron chi connectivity index (χ4n) is 3.84. The van der Waals surface area contributed by atoms with E-state index >= 15 is 0 Å². The Morgan fingerprint density at radius 3 is 1.72 bits per heavy atom. The van der Waals surface area contributed by atoms with Gasteiger partial charge in [0.2, 0.25) is 0 Å². The zero-order valence-corrected chi connectivity index (χ0v) is 18.4. The predicted octanol–water partition coefficient (Wildman–Crippen LogP) is 9.17. The Hall–Kier alpha value is -4.10. The third kappa shape index (κ3) is 4.63. The zero-order valence-electron chi connectivity index (χ0n) is 18.4. The van der Waals surface area contributed by atoms with Crippen molar-refractivity contribution in [3.8, 4) is 11.1 Å². The Bertz CT molecular complexity index is 1270. The average Bonchev–Trinajstić information content (AvgIpc) is 2.87. The monoisotopic (exact) mass is 413 g/mol. The van der Waals surface area contributed by atoms with Crippen LogP contribution in [0.5, 0.6) is 0 Å². The summed E-state index contributed by atoms with van der Waals surface area (Å²) in [7, 11) is 0. The highest BCUT2D eigenvalue weighted by Crippen LogP contribution is 2.39. The minimum atomic E-state index is 1.15. The number of hydrogen-bond donors (Lipinski definition) is 0. The normalized spacial score (nSPS) is 10.2. The molecule has 1 nitrogen and oxygen atoms in total. The maximum absolute atomic E-state index is 3.36. The van der Waals surface area contributed by atoms with Crippen LogP contribution in [0, 0.1) is 0 Å². The molecule has 0 aliphatic rings. The number of para-hydroxylation sites is 1. The lowest BCUT2D eigenvalue weighted by atomic mass is 10.0. The fraction of sp³-hybridized carbons (Fsp3) is 0.0323. The quantitative estimate of drug-likeness (QED) is 0.265. The Balaban J connectivity index is 0.000000775. The van der Waals surface area contributed by atoms with Gasteiger partial charge >= 0.3 is 0 Å². The van der Waals surface area contributed by atoms with Crippen LogP contribution in [0.15, 0.2) is 140 Å². The average molecular weight is 414 g/mol. The standard InChI is InChI=1S/C28H21N.C3H6/c1-3-10-22(11-4-1)23-18-20-26(21-19-23)29(25-14-5-2-6-15-25)28-17-9-13-24-12-7-8-16-27(24)28;1-3-2/h1-21H;3H,1H2,2H3. The molecular weight excluding hydrogens is 386 g/mol. The molecule has 0 heterocycles. The van der Waals surface area contributed by atoms with Crippen molar-refractivity contribution in [2.75, 3.05) is 4.90 Å². The minimum Gasteiger partial charge on any atom is -0.310 e. The van der Waals surface area contributed by atoms with Crippen molar-refractivity contribution in [2.45, 2.75) is 6.92 Å². The van der Waals surface area contributed by atoms with Crippen molar-refractivity contribution in [3.05, 3.63) is 140 Å². The molecule has 0 aromatic heterocycles. The van der Waals surface area contributed by atoms with Gasteiger partial charge in [0.1, 0.15) is 0 Å². The molecule has 5 aromatic carbocycles. The first kappa shape index (κ1) is 21.1. The van der Waals surface area contributed by atoms with Gasteiger partial charge in [0.05, 0.1) is 5.69 Å².